The summed E-state index contributed by atoms with van der Waals surface area (Å²) < 4.78 is 6.60. The van der Waals surface area contributed by atoms with Gasteiger partial charge in [-0.3, -0.25) is 0 Å². The zero-order valence-electron chi connectivity index (χ0n) is 17.6. The monoisotopic (exact) mass is 390 g/mol. The third-order valence-corrected chi connectivity index (χ3v) is 6.53. The van der Waals surface area contributed by atoms with Gasteiger partial charge in [0, 0.05) is 31.4 Å². The van der Waals surface area contributed by atoms with E-state index in [0.29, 0.717) is 18.4 Å². The number of H-pyrrole nitrogens is 1. The number of aldehydes is 1. The molecule has 0 radical (unpaired) electrons. The van der Waals surface area contributed by atoms with Gasteiger partial charge < -0.3 is 24.7 Å². The fourth-order valence-corrected chi connectivity index (χ4v) is 4.98. The summed E-state index contributed by atoms with van der Waals surface area (Å²) in [5, 5.41) is 3.43. The lowest BCUT2D eigenvalue weighted by atomic mass is 9.71. The predicted molar refractivity (Wildman–Crippen MR) is 111 cm³/mol. The zero-order valence-corrected chi connectivity index (χ0v) is 17.6. The van der Waals surface area contributed by atoms with Crippen LogP contribution in [-0.4, -0.2) is 66.1 Å². The number of unbranched alkanes of at least 4 members (excludes halogenated alkanes) is 1. The van der Waals surface area contributed by atoms with Crippen LogP contribution in [0.15, 0.2) is 12.5 Å². The standard InChI is InChI=1S/C22H38N4O2/c1-3-4-9-26(2)14-22-21-8-6-5-7-17(21)10-20(28-22)13-24-19(15-27)11-18-12-23-16-25-18/h12,15-17,19-22,24H,3-11,13-14H2,1-2H3,(H,23,25)/t17-,19+,20-,21+,22+/m1/s1. The fourth-order valence-electron chi connectivity index (χ4n) is 4.98. The van der Waals surface area contributed by atoms with E-state index < -0.39 is 0 Å². The van der Waals surface area contributed by atoms with Crippen molar-refractivity contribution in [2.75, 3.05) is 26.7 Å². The minimum absolute atomic E-state index is 0.196. The number of likely N-dealkylation sites (N-methyl/N-ethyl adjacent to an activating group) is 1. The van der Waals surface area contributed by atoms with Gasteiger partial charge in [0.25, 0.3) is 0 Å². The number of nitrogens with one attached hydrogen (secondary N) is 2. The molecule has 2 aliphatic rings. The second-order valence-electron chi connectivity index (χ2n) is 8.79. The molecule has 0 amide bonds. The summed E-state index contributed by atoms with van der Waals surface area (Å²) in [6, 6.07) is -0.196. The molecule has 28 heavy (non-hydrogen) atoms. The number of imidazole rings is 1. The molecule has 2 fully saturated rings. The van der Waals surface area contributed by atoms with E-state index in [0.717, 1.165) is 44.0 Å². The van der Waals surface area contributed by atoms with Crippen LogP contribution in [0.3, 0.4) is 0 Å². The average Bonchev–Trinajstić information content (AvgIpc) is 3.22. The van der Waals surface area contributed by atoms with E-state index in [1.165, 1.54) is 38.5 Å². The third-order valence-electron chi connectivity index (χ3n) is 6.53. The Morgan fingerprint density at radius 3 is 3.04 bits per heavy atom. The van der Waals surface area contributed by atoms with Gasteiger partial charge in [-0.25, -0.2) is 4.98 Å². The molecule has 3 rings (SSSR count). The Hall–Kier alpha value is -1.24. The van der Waals surface area contributed by atoms with Crippen LogP contribution in [0.4, 0.5) is 0 Å². The molecule has 2 N–H and O–H groups in total. The lowest BCUT2D eigenvalue weighted by Crippen LogP contribution is -2.51. The molecule has 0 spiro atoms. The van der Waals surface area contributed by atoms with E-state index in [9.17, 15) is 4.79 Å². The average molecular weight is 391 g/mol. The predicted octanol–water partition coefficient (Wildman–Crippen LogP) is 2.81. The molecular formula is C22H38N4O2. The van der Waals surface area contributed by atoms with E-state index in [4.69, 9.17) is 4.74 Å². The summed E-state index contributed by atoms with van der Waals surface area (Å²) in [5.41, 5.74) is 0.983. The molecule has 1 saturated carbocycles. The van der Waals surface area contributed by atoms with Gasteiger partial charge in [0.15, 0.2) is 0 Å². The normalized spacial score (nSPS) is 28.8. The summed E-state index contributed by atoms with van der Waals surface area (Å²) in [5.74, 6) is 1.49. The van der Waals surface area contributed by atoms with Crippen LogP contribution in [0.2, 0.25) is 0 Å². The second-order valence-corrected chi connectivity index (χ2v) is 8.79. The SMILES string of the molecule is CCCCN(C)C[C@@H]1O[C@@H](CN[C@H](C=O)Cc2cnc[nH]2)C[C@H]2CCCC[C@@H]21. The minimum atomic E-state index is -0.196. The first-order chi connectivity index (χ1) is 13.7. The highest BCUT2D eigenvalue weighted by Gasteiger charge is 2.40. The number of nitrogens with zero attached hydrogens (tertiary/aromatic N) is 2. The Morgan fingerprint density at radius 1 is 1.43 bits per heavy atom. The largest absolute Gasteiger partial charge is 0.372 e. The zero-order chi connectivity index (χ0) is 19.8. The van der Waals surface area contributed by atoms with E-state index in [1.54, 1.807) is 12.5 Å². The van der Waals surface area contributed by atoms with E-state index in [2.05, 4.69) is 34.2 Å². The van der Waals surface area contributed by atoms with Gasteiger partial charge in [0.05, 0.1) is 24.6 Å². The van der Waals surface area contributed by atoms with Crippen LogP contribution in [0.25, 0.3) is 0 Å². The molecule has 158 valence electrons. The molecular weight excluding hydrogens is 352 g/mol. The van der Waals surface area contributed by atoms with E-state index in [1.807, 2.05) is 0 Å². The van der Waals surface area contributed by atoms with Crippen molar-refractivity contribution in [1.29, 1.82) is 0 Å². The topological polar surface area (TPSA) is 70.2 Å². The molecule has 6 nitrogen and oxygen atoms in total. The molecule has 1 aliphatic heterocycles. The van der Waals surface area contributed by atoms with Crippen molar-refractivity contribution in [1.82, 2.24) is 20.2 Å². The molecule has 1 aromatic heterocycles. The molecule has 0 unspecified atom stereocenters. The number of carbonyl (C=O) groups excluding carboxylic acids is 1. The molecule has 1 aromatic rings. The van der Waals surface area contributed by atoms with Crippen molar-refractivity contribution in [2.45, 2.75) is 76.5 Å². The van der Waals surface area contributed by atoms with Gasteiger partial charge in [-0.1, -0.05) is 26.2 Å². The second kappa shape index (κ2) is 11.1. The summed E-state index contributed by atoms with van der Waals surface area (Å²) in [6.07, 6.45) is 14.6. The van der Waals surface area contributed by atoms with Crippen molar-refractivity contribution in [3.8, 4) is 0 Å². The van der Waals surface area contributed by atoms with Gasteiger partial charge in [-0.15, -0.1) is 0 Å². The smallest absolute Gasteiger partial charge is 0.137 e. The Morgan fingerprint density at radius 2 is 2.29 bits per heavy atom. The van der Waals surface area contributed by atoms with Crippen molar-refractivity contribution >= 4 is 6.29 Å². The first kappa shape index (κ1) is 21.5. The number of aromatic amines is 1. The summed E-state index contributed by atoms with van der Waals surface area (Å²) in [4.78, 5) is 21.1. The lowest BCUT2D eigenvalue weighted by molar-refractivity contribution is -0.127. The minimum Gasteiger partial charge on any atom is -0.372 e. The maximum Gasteiger partial charge on any atom is 0.137 e. The first-order valence-corrected chi connectivity index (χ1v) is 11.2. The Balaban J connectivity index is 1.54. The molecule has 2 heterocycles. The van der Waals surface area contributed by atoms with Crippen molar-refractivity contribution < 1.29 is 9.53 Å². The van der Waals surface area contributed by atoms with Gasteiger partial charge >= 0.3 is 0 Å². The fraction of sp³-hybridized carbons (Fsp3) is 0.818. The van der Waals surface area contributed by atoms with Crippen molar-refractivity contribution in [2.24, 2.45) is 11.8 Å². The number of rotatable bonds is 11. The molecule has 6 heteroatoms. The highest BCUT2D eigenvalue weighted by molar-refractivity contribution is 5.58. The highest BCUT2D eigenvalue weighted by Crippen LogP contribution is 2.41. The number of aromatic nitrogens is 2. The number of ether oxygens (including phenoxy) is 1. The summed E-state index contributed by atoms with van der Waals surface area (Å²) >= 11 is 0. The van der Waals surface area contributed by atoms with Crippen molar-refractivity contribution in [3.05, 3.63) is 18.2 Å². The van der Waals surface area contributed by atoms with Crippen LogP contribution in [0.1, 0.15) is 57.6 Å². The molecule has 1 aliphatic carbocycles. The summed E-state index contributed by atoms with van der Waals surface area (Å²) in [7, 11) is 2.23. The summed E-state index contributed by atoms with van der Waals surface area (Å²) in [6.45, 7) is 5.17. The quantitative estimate of drug-likeness (QED) is 0.569. The number of hydrogen-bond acceptors (Lipinski definition) is 5. The van der Waals surface area contributed by atoms with Gasteiger partial charge in [0.1, 0.15) is 6.29 Å². The maximum absolute atomic E-state index is 11.5. The van der Waals surface area contributed by atoms with Crippen LogP contribution >= 0.6 is 0 Å². The van der Waals surface area contributed by atoms with Crippen LogP contribution in [0, 0.1) is 11.8 Å². The van der Waals surface area contributed by atoms with Gasteiger partial charge in [-0.2, -0.15) is 0 Å². The van der Waals surface area contributed by atoms with Gasteiger partial charge in [-0.05, 0) is 51.1 Å². The molecule has 5 atom stereocenters. The van der Waals surface area contributed by atoms with Crippen LogP contribution in [-0.2, 0) is 16.0 Å². The van der Waals surface area contributed by atoms with E-state index >= 15 is 0 Å². The lowest BCUT2D eigenvalue weighted by Gasteiger charge is -2.46. The first-order valence-electron chi connectivity index (χ1n) is 11.2. The Kier molecular flexibility index (Phi) is 8.49. The van der Waals surface area contributed by atoms with Crippen LogP contribution < -0.4 is 5.32 Å². The molecule has 0 aromatic carbocycles. The van der Waals surface area contributed by atoms with E-state index in [-0.39, 0.29) is 12.1 Å². The maximum atomic E-state index is 11.5. The highest BCUT2D eigenvalue weighted by atomic mass is 16.5. The number of carbonyl (C=O) groups is 1. The van der Waals surface area contributed by atoms with Gasteiger partial charge in [0.2, 0.25) is 0 Å². The molecule has 1 saturated heterocycles. The third kappa shape index (κ3) is 6.13. The number of fused-ring (bicyclic) bond motifs is 1. The Bertz CT molecular complexity index is 565. The number of hydrogen-bond donors (Lipinski definition) is 2. The molecule has 0 bridgehead atoms. The van der Waals surface area contributed by atoms with Crippen LogP contribution in [0.5, 0.6) is 0 Å². The van der Waals surface area contributed by atoms with Crippen molar-refractivity contribution in [3.63, 3.8) is 0 Å². The Labute approximate surface area is 169 Å².